The molecule has 1 unspecified atom stereocenters. The minimum atomic E-state index is -0.743. The zero-order valence-electron chi connectivity index (χ0n) is 11.1. The van der Waals surface area contributed by atoms with E-state index in [1.165, 1.54) is 7.11 Å². The molecule has 7 heteroatoms. The van der Waals surface area contributed by atoms with Crippen molar-refractivity contribution in [3.63, 3.8) is 0 Å². The molecule has 18 heavy (non-hydrogen) atoms. The van der Waals surface area contributed by atoms with Crippen LogP contribution in [0.5, 0.6) is 0 Å². The van der Waals surface area contributed by atoms with Gasteiger partial charge >= 0.3 is 5.97 Å². The summed E-state index contributed by atoms with van der Waals surface area (Å²) in [6.07, 6.45) is 0. The van der Waals surface area contributed by atoms with Crippen molar-refractivity contribution in [2.24, 2.45) is 5.73 Å². The van der Waals surface area contributed by atoms with Gasteiger partial charge in [0.1, 0.15) is 12.6 Å². The minimum absolute atomic E-state index is 0.146. The van der Waals surface area contributed by atoms with E-state index in [-0.39, 0.29) is 13.2 Å². The summed E-state index contributed by atoms with van der Waals surface area (Å²) in [5.74, 6) is -0.489. The van der Waals surface area contributed by atoms with Crippen molar-refractivity contribution < 1.29 is 28.5 Å². The largest absolute Gasteiger partial charge is 0.462 e. The molecule has 0 fully saturated rings. The number of hydrogen-bond donors (Lipinski definition) is 1. The lowest BCUT2D eigenvalue weighted by Crippen LogP contribution is -2.36. The van der Waals surface area contributed by atoms with Gasteiger partial charge in [-0.05, 0) is 0 Å². The standard InChI is InChI=1S/C11H23NO6/c1-14-3-4-16-5-6-17-7-8-18-11(13)10(12)9-15-2/h10H,3-9,12H2,1-2H3. The predicted molar refractivity (Wildman–Crippen MR) is 64.3 cm³/mol. The maximum atomic E-state index is 11.2. The average Bonchev–Trinajstić information content (AvgIpc) is 2.36. The van der Waals surface area contributed by atoms with Gasteiger partial charge in [-0.1, -0.05) is 0 Å². The summed E-state index contributed by atoms with van der Waals surface area (Å²) >= 11 is 0. The summed E-state index contributed by atoms with van der Waals surface area (Å²) in [6, 6.07) is -0.743. The van der Waals surface area contributed by atoms with E-state index in [2.05, 4.69) is 0 Å². The maximum Gasteiger partial charge on any atom is 0.325 e. The SMILES string of the molecule is COCCOCCOCCOC(=O)C(N)COC. The summed E-state index contributed by atoms with van der Waals surface area (Å²) < 4.78 is 24.8. The highest BCUT2D eigenvalue weighted by atomic mass is 16.6. The Labute approximate surface area is 107 Å². The molecule has 0 spiro atoms. The van der Waals surface area contributed by atoms with Crippen LogP contribution in [0.3, 0.4) is 0 Å². The third-order valence-electron chi connectivity index (χ3n) is 1.92. The van der Waals surface area contributed by atoms with Crippen LogP contribution in [0.2, 0.25) is 0 Å². The van der Waals surface area contributed by atoms with Crippen LogP contribution in [-0.4, -0.2) is 72.5 Å². The van der Waals surface area contributed by atoms with Crippen LogP contribution >= 0.6 is 0 Å². The summed E-state index contributed by atoms with van der Waals surface area (Å²) in [4.78, 5) is 11.2. The highest BCUT2D eigenvalue weighted by Gasteiger charge is 2.13. The molecule has 0 aliphatic carbocycles. The van der Waals surface area contributed by atoms with Gasteiger partial charge in [0.2, 0.25) is 0 Å². The van der Waals surface area contributed by atoms with Crippen molar-refractivity contribution in [2.75, 3.05) is 60.5 Å². The summed E-state index contributed by atoms with van der Waals surface area (Å²) in [5.41, 5.74) is 5.46. The molecule has 0 amide bonds. The van der Waals surface area contributed by atoms with Crippen molar-refractivity contribution >= 4 is 5.97 Å². The van der Waals surface area contributed by atoms with E-state index < -0.39 is 12.0 Å². The fraction of sp³-hybridized carbons (Fsp3) is 0.909. The van der Waals surface area contributed by atoms with E-state index in [0.717, 1.165) is 0 Å². The van der Waals surface area contributed by atoms with Crippen molar-refractivity contribution in [1.82, 2.24) is 0 Å². The van der Waals surface area contributed by atoms with Gasteiger partial charge in [0, 0.05) is 14.2 Å². The number of esters is 1. The van der Waals surface area contributed by atoms with Gasteiger partial charge in [0.25, 0.3) is 0 Å². The van der Waals surface area contributed by atoms with Gasteiger partial charge in [0.15, 0.2) is 0 Å². The van der Waals surface area contributed by atoms with Gasteiger partial charge in [-0.2, -0.15) is 0 Å². The number of ether oxygens (including phenoxy) is 5. The summed E-state index contributed by atoms with van der Waals surface area (Å²) in [5, 5.41) is 0. The first-order chi connectivity index (χ1) is 8.72. The number of carbonyl (C=O) groups excluding carboxylic acids is 1. The Morgan fingerprint density at radius 3 is 2.06 bits per heavy atom. The molecule has 1 atom stereocenters. The third kappa shape index (κ3) is 10.4. The predicted octanol–water partition coefficient (Wildman–Crippen LogP) is -0.817. The molecule has 0 aromatic rings. The molecule has 108 valence electrons. The van der Waals surface area contributed by atoms with Gasteiger partial charge in [-0.25, -0.2) is 0 Å². The van der Waals surface area contributed by atoms with E-state index in [9.17, 15) is 4.79 Å². The topological polar surface area (TPSA) is 89.2 Å². The fourth-order valence-electron chi connectivity index (χ4n) is 1.02. The van der Waals surface area contributed by atoms with E-state index in [0.29, 0.717) is 33.0 Å². The Hall–Kier alpha value is -0.730. The Bertz CT molecular complexity index is 202. The van der Waals surface area contributed by atoms with E-state index in [1.807, 2.05) is 0 Å². The highest BCUT2D eigenvalue weighted by Crippen LogP contribution is 1.88. The monoisotopic (exact) mass is 265 g/mol. The number of nitrogens with two attached hydrogens (primary N) is 1. The third-order valence-corrected chi connectivity index (χ3v) is 1.92. The Balaban J connectivity index is 3.22. The van der Waals surface area contributed by atoms with Gasteiger partial charge in [-0.3, -0.25) is 4.79 Å². The van der Waals surface area contributed by atoms with Crippen LogP contribution in [0.15, 0.2) is 0 Å². The lowest BCUT2D eigenvalue weighted by atomic mass is 10.3. The van der Waals surface area contributed by atoms with Crippen LogP contribution in [0.4, 0.5) is 0 Å². The first-order valence-electron chi connectivity index (χ1n) is 5.78. The molecule has 0 saturated heterocycles. The molecule has 0 aromatic carbocycles. The lowest BCUT2D eigenvalue weighted by Gasteiger charge is -2.10. The molecule has 0 saturated carbocycles. The molecular weight excluding hydrogens is 242 g/mol. The van der Waals surface area contributed by atoms with Gasteiger partial charge < -0.3 is 29.4 Å². The Kier molecular flexibility index (Phi) is 12.2. The second-order valence-electron chi connectivity index (χ2n) is 3.45. The number of carbonyl (C=O) groups is 1. The van der Waals surface area contributed by atoms with E-state index >= 15 is 0 Å². The van der Waals surface area contributed by atoms with Gasteiger partial charge in [-0.15, -0.1) is 0 Å². The number of hydrogen-bond acceptors (Lipinski definition) is 7. The zero-order chi connectivity index (χ0) is 13.6. The Morgan fingerprint density at radius 1 is 0.944 bits per heavy atom. The molecule has 7 nitrogen and oxygen atoms in total. The van der Waals surface area contributed by atoms with Crippen molar-refractivity contribution in [3.05, 3.63) is 0 Å². The normalized spacial score (nSPS) is 12.4. The van der Waals surface area contributed by atoms with Crippen molar-refractivity contribution in [1.29, 1.82) is 0 Å². The minimum Gasteiger partial charge on any atom is -0.462 e. The molecule has 0 aromatic heterocycles. The van der Waals surface area contributed by atoms with Crippen LogP contribution in [0.25, 0.3) is 0 Å². The summed E-state index contributed by atoms with van der Waals surface area (Å²) in [6.45, 7) is 2.68. The first kappa shape index (κ1) is 17.3. The molecule has 2 N–H and O–H groups in total. The van der Waals surface area contributed by atoms with Crippen molar-refractivity contribution in [2.45, 2.75) is 6.04 Å². The molecule has 0 radical (unpaired) electrons. The zero-order valence-corrected chi connectivity index (χ0v) is 11.1. The van der Waals surface area contributed by atoms with E-state index in [1.54, 1.807) is 7.11 Å². The molecule has 0 aliphatic heterocycles. The quantitative estimate of drug-likeness (QED) is 0.364. The van der Waals surface area contributed by atoms with Crippen LogP contribution in [0.1, 0.15) is 0 Å². The summed E-state index contributed by atoms with van der Waals surface area (Å²) in [7, 11) is 3.09. The molecule has 0 rings (SSSR count). The van der Waals surface area contributed by atoms with Crippen LogP contribution < -0.4 is 5.73 Å². The fourth-order valence-corrected chi connectivity index (χ4v) is 1.02. The molecule has 0 aliphatic rings. The second kappa shape index (κ2) is 12.7. The van der Waals surface area contributed by atoms with Gasteiger partial charge in [0.05, 0.1) is 39.6 Å². The van der Waals surface area contributed by atoms with E-state index in [4.69, 9.17) is 29.4 Å². The average molecular weight is 265 g/mol. The van der Waals surface area contributed by atoms with Crippen molar-refractivity contribution in [3.8, 4) is 0 Å². The molecule has 0 bridgehead atoms. The van der Waals surface area contributed by atoms with Crippen LogP contribution in [-0.2, 0) is 28.5 Å². The molecule has 0 heterocycles. The smallest absolute Gasteiger partial charge is 0.325 e. The second-order valence-corrected chi connectivity index (χ2v) is 3.45. The lowest BCUT2D eigenvalue weighted by molar-refractivity contribution is -0.148. The number of rotatable bonds is 12. The number of methoxy groups -OCH3 is 2. The highest BCUT2D eigenvalue weighted by molar-refractivity contribution is 5.75. The van der Waals surface area contributed by atoms with Crippen LogP contribution in [0, 0.1) is 0 Å². The molecular formula is C11H23NO6. The Morgan fingerprint density at radius 2 is 1.50 bits per heavy atom. The first-order valence-corrected chi connectivity index (χ1v) is 5.78. The maximum absolute atomic E-state index is 11.2.